The average molecular weight is 431 g/mol. The number of fused-ring (bicyclic) bond motifs is 2. The van der Waals surface area contributed by atoms with Crippen LogP contribution in [0.3, 0.4) is 0 Å². The molecular formula is C29H50O2. The molecule has 0 unspecified atom stereocenters. The van der Waals surface area contributed by atoms with E-state index in [1.165, 1.54) is 57.8 Å². The van der Waals surface area contributed by atoms with Crippen LogP contribution < -0.4 is 0 Å². The second kappa shape index (κ2) is 6.97. The average Bonchev–Trinajstić information content (AvgIpc) is 3.34. The maximum absolute atomic E-state index is 10.6. The van der Waals surface area contributed by atoms with Crippen LogP contribution >= 0.6 is 0 Å². The predicted octanol–water partition coefficient (Wildman–Crippen LogP) is 7.38. The van der Waals surface area contributed by atoms with E-state index in [4.69, 9.17) is 4.74 Å². The highest BCUT2D eigenvalue weighted by atomic mass is 16.6. The van der Waals surface area contributed by atoms with Crippen molar-refractivity contribution in [3.63, 3.8) is 0 Å². The molecule has 31 heavy (non-hydrogen) atoms. The van der Waals surface area contributed by atoms with Gasteiger partial charge in [-0.15, -0.1) is 0 Å². The third kappa shape index (κ3) is 2.59. The fourth-order valence-electron chi connectivity index (χ4n) is 10.6. The van der Waals surface area contributed by atoms with Gasteiger partial charge in [0.05, 0.1) is 6.10 Å². The predicted molar refractivity (Wildman–Crippen MR) is 128 cm³/mol. The maximum atomic E-state index is 10.6. The molecule has 1 saturated heterocycles. The quantitative estimate of drug-likeness (QED) is 0.461. The van der Waals surface area contributed by atoms with E-state index in [9.17, 15) is 5.11 Å². The van der Waals surface area contributed by atoms with E-state index in [1.54, 1.807) is 0 Å². The highest BCUT2D eigenvalue weighted by Crippen LogP contribution is 2.85. The Morgan fingerprint density at radius 2 is 1.58 bits per heavy atom. The molecule has 4 saturated carbocycles. The van der Waals surface area contributed by atoms with E-state index in [0.717, 1.165) is 30.6 Å². The molecule has 1 N–H and O–H groups in total. The largest absolute Gasteiger partial charge is 0.393 e. The lowest BCUT2D eigenvalue weighted by atomic mass is 9.39. The summed E-state index contributed by atoms with van der Waals surface area (Å²) < 4.78 is 7.21. The minimum absolute atomic E-state index is 0.0986. The first-order valence-corrected chi connectivity index (χ1v) is 13.9. The Morgan fingerprint density at radius 3 is 2.29 bits per heavy atom. The van der Waals surface area contributed by atoms with E-state index >= 15 is 0 Å². The fraction of sp³-hybridized carbons (Fsp3) is 1.00. The molecule has 0 amide bonds. The van der Waals surface area contributed by atoms with Crippen LogP contribution in [-0.2, 0) is 4.74 Å². The zero-order valence-corrected chi connectivity index (χ0v) is 21.6. The van der Waals surface area contributed by atoms with Gasteiger partial charge in [0.25, 0.3) is 0 Å². The molecule has 0 radical (unpaired) electrons. The smallest absolute Gasteiger partial charge is 0.104 e. The van der Waals surface area contributed by atoms with Crippen LogP contribution in [0.1, 0.15) is 119 Å². The van der Waals surface area contributed by atoms with E-state index in [1.807, 2.05) is 0 Å². The first-order chi connectivity index (χ1) is 14.5. The molecule has 10 atom stereocenters. The van der Waals surface area contributed by atoms with Crippen LogP contribution in [0.15, 0.2) is 0 Å². The summed E-state index contributed by atoms with van der Waals surface area (Å²) in [5, 5.41) is 10.6. The van der Waals surface area contributed by atoms with Gasteiger partial charge in [0.1, 0.15) is 11.2 Å². The van der Waals surface area contributed by atoms with Crippen LogP contribution in [0.25, 0.3) is 0 Å². The third-order valence-corrected chi connectivity index (χ3v) is 12.8. The minimum Gasteiger partial charge on any atom is -0.393 e. The number of rotatable bonds is 5. The van der Waals surface area contributed by atoms with E-state index in [-0.39, 0.29) is 22.7 Å². The molecule has 0 bridgehead atoms. The van der Waals surface area contributed by atoms with Crippen molar-refractivity contribution in [2.24, 2.45) is 45.8 Å². The number of aliphatic hydroxyl groups excluding tert-OH is 1. The Balaban J connectivity index is 1.42. The molecule has 2 nitrogen and oxygen atoms in total. The van der Waals surface area contributed by atoms with Gasteiger partial charge >= 0.3 is 0 Å². The topological polar surface area (TPSA) is 32.8 Å². The van der Waals surface area contributed by atoms with Crippen molar-refractivity contribution in [2.75, 3.05) is 0 Å². The van der Waals surface area contributed by atoms with Gasteiger partial charge in [0, 0.05) is 10.8 Å². The Kier molecular flexibility index (Phi) is 5.10. The van der Waals surface area contributed by atoms with Gasteiger partial charge in [0.15, 0.2) is 0 Å². The third-order valence-electron chi connectivity index (χ3n) is 12.8. The monoisotopic (exact) mass is 430 g/mol. The Bertz CT molecular complexity index is 718. The van der Waals surface area contributed by atoms with Gasteiger partial charge < -0.3 is 9.84 Å². The van der Waals surface area contributed by atoms with Crippen LogP contribution in [-0.4, -0.2) is 22.4 Å². The standard InChI is InChI=1S/C29H50O2/c1-19(2)9-8-10-20(3)22-11-15-27(7)25(22,5)17-18-28-26(6)14-13-24(30)21(4)23(26)12-16-29(27,28)31-28/h19-24,30H,8-18H2,1-7H3/t20-,21-,22-,23-,24-,25+,26-,27+,28-,29-/m0/s1. The second-order valence-electron chi connectivity index (χ2n) is 14.0. The number of epoxide rings is 1. The summed E-state index contributed by atoms with van der Waals surface area (Å²) in [6, 6.07) is 0. The van der Waals surface area contributed by atoms with Crippen molar-refractivity contribution >= 4 is 0 Å². The fourth-order valence-corrected chi connectivity index (χ4v) is 10.6. The molecule has 1 heterocycles. The highest BCUT2D eigenvalue weighted by Gasteiger charge is 2.89. The number of ether oxygens (including phenoxy) is 1. The summed E-state index contributed by atoms with van der Waals surface area (Å²) in [5.74, 6) is 3.59. The van der Waals surface area contributed by atoms with Crippen LogP contribution in [0.4, 0.5) is 0 Å². The van der Waals surface area contributed by atoms with E-state index in [2.05, 4.69) is 48.5 Å². The molecule has 178 valence electrons. The van der Waals surface area contributed by atoms with Crippen molar-refractivity contribution < 1.29 is 9.84 Å². The maximum Gasteiger partial charge on any atom is 0.104 e. The second-order valence-corrected chi connectivity index (χ2v) is 14.0. The Hall–Kier alpha value is -0.0800. The van der Waals surface area contributed by atoms with Crippen molar-refractivity contribution in [1.29, 1.82) is 0 Å². The van der Waals surface area contributed by atoms with E-state index < -0.39 is 0 Å². The molecule has 0 aromatic carbocycles. The lowest BCUT2D eigenvalue weighted by molar-refractivity contribution is -0.126. The molecule has 0 aromatic rings. The SMILES string of the molecule is CC(C)CCC[C@H](C)[C@@H]1CC[C@@]2(C)[C@@]34CC[C@H]5[C@H](C)[C@@H](O)CC[C@]5(C)[C@]3(CC[C@]12C)O4. The summed E-state index contributed by atoms with van der Waals surface area (Å²) in [6.07, 6.45) is 14.1. The lowest BCUT2D eigenvalue weighted by Gasteiger charge is -2.62. The number of hydrogen-bond donors (Lipinski definition) is 1. The first kappa shape index (κ1) is 22.7. The molecular weight excluding hydrogens is 380 g/mol. The van der Waals surface area contributed by atoms with Gasteiger partial charge in [-0.3, -0.25) is 0 Å². The van der Waals surface area contributed by atoms with Gasteiger partial charge in [-0.05, 0) is 86.4 Å². The van der Waals surface area contributed by atoms with Gasteiger partial charge in [-0.25, -0.2) is 0 Å². The Labute approximate surface area is 192 Å². The molecule has 5 aliphatic rings. The van der Waals surface area contributed by atoms with Gasteiger partial charge in [-0.1, -0.05) is 67.7 Å². The van der Waals surface area contributed by atoms with E-state index in [0.29, 0.717) is 22.7 Å². The number of aliphatic hydroxyl groups is 1. The molecule has 0 aromatic heterocycles. The van der Waals surface area contributed by atoms with Crippen molar-refractivity contribution in [1.82, 2.24) is 0 Å². The molecule has 4 aliphatic carbocycles. The minimum atomic E-state index is -0.104. The highest BCUT2D eigenvalue weighted by molar-refractivity contribution is 5.37. The first-order valence-electron chi connectivity index (χ1n) is 13.9. The van der Waals surface area contributed by atoms with Crippen LogP contribution in [0.2, 0.25) is 0 Å². The van der Waals surface area contributed by atoms with Crippen molar-refractivity contribution in [3.8, 4) is 0 Å². The lowest BCUT2D eigenvalue weighted by Crippen LogP contribution is -2.64. The van der Waals surface area contributed by atoms with Crippen molar-refractivity contribution in [3.05, 3.63) is 0 Å². The summed E-state index contributed by atoms with van der Waals surface area (Å²) in [5.41, 5.74) is 1.22. The molecule has 5 fully saturated rings. The zero-order valence-electron chi connectivity index (χ0n) is 21.6. The summed E-state index contributed by atoms with van der Waals surface area (Å²) in [6.45, 7) is 17.5. The molecule has 1 aliphatic heterocycles. The van der Waals surface area contributed by atoms with Crippen LogP contribution in [0.5, 0.6) is 0 Å². The summed E-state index contributed by atoms with van der Waals surface area (Å²) in [4.78, 5) is 0. The molecule has 2 heteroatoms. The molecule has 0 spiro atoms. The normalized spacial score (nSPS) is 56.4. The van der Waals surface area contributed by atoms with Crippen LogP contribution in [0, 0.1) is 45.8 Å². The Morgan fingerprint density at radius 1 is 0.839 bits per heavy atom. The van der Waals surface area contributed by atoms with Gasteiger partial charge in [-0.2, -0.15) is 0 Å². The number of hydrogen-bond acceptors (Lipinski definition) is 2. The van der Waals surface area contributed by atoms with Gasteiger partial charge in [0.2, 0.25) is 0 Å². The van der Waals surface area contributed by atoms with Crippen molar-refractivity contribution in [2.45, 2.75) is 136 Å². The summed E-state index contributed by atoms with van der Waals surface area (Å²) >= 11 is 0. The molecule has 5 rings (SSSR count). The zero-order chi connectivity index (χ0) is 22.4. The summed E-state index contributed by atoms with van der Waals surface area (Å²) in [7, 11) is 0.